The van der Waals surface area contributed by atoms with Crippen molar-refractivity contribution in [1.82, 2.24) is 10.2 Å². The van der Waals surface area contributed by atoms with Crippen molar-refractivity contribution in [2.24, 2.45) is 11.8 Å². The molecule has 0 radical (unpaired) electrons. The van der Waals surface area contributed by atoms with Crippen LogP contribution in [-0.2, 0) is 0 Å². The maximum absolute atomic E-state index is 3.66. The van der Waals surface area contributed by atoms with Crippen LogP contribution in [0.15, 0.2) is 24.3 Å². The molecule has 2 unspecified atom stereocenters. The van der Waals surface area contributed by atoms with Gasteiger partial charge in [-0.2, -0.15) is 0 Å². The number of aryl methyl sites for hydroxylation is 1. The number of nitrogens with one attached hydrogen (secondary N) is 1. The van der Waals surface area contributed by atoms with Crippen molar-refractivity contribution >= 4 is 0 Å². The molecule has 2 heteroatoms. The van der Waals surface area contributed by atoms with Crippen LogP contribution in [0.25, 0.3) is 0 Å². The maximum atomic E-state index is 3.66. The molecule has 0 bridgehead atoms. The summed E-state index contributed by atoms with van der Waals surface area (Å²) in [4.78, 5) is 2.66. The van der Waals surface area contributed by atoms with Gasteiger partial charge >= 0.3 is 0 Å². The fraction of sp³-hybridized carbons (Fsp3) is 0.684. The lowest BCUT2D eigenvalue weighted by Crippen LogP contribution is -2.28. The Bertz CT molecular complexity index is 427. The van der Waals surface area contributed by atoms with E-state index < -0.39 is 0 Å². The molecule has 2 atom stereocenters. The summed E-state index contributed by atoms with van der Waals surface area (Å²) in [5, 5.41) is 3.66. The number of hydrogen-bond acceptors (Lipinski definition) is 2. The Balaban J connectivity index is 1.89. The van der Waals surface area contributed by atoms with Gasteiger partial charge in [-0.05, 0) is 56.8 Å². The molecule has 1 fully saturated rings. The molecule has 0 aromatic heterocycles. The summed E-state index contributed by atoms with van der Waals surface area (Å²) in [6, 6.07) is 9.45. The molecule has 1 N–H and O–H groups in total. The number of nitrogens with zero attached hydrogens (tertiary/aromatic N) is 1. The SMILES string of the molecule is CCNC(CCN1CCC(C(C)C)C1)c1cccc(C)c1. The minimum Gasteiger partial charge on any atom is -0.310 e. The Kier molecular flexibility index (Phi) is 6.25. The molecule has 1 aromatic rings. The average molecular weight is 288 g/mol. The van der Waals surface area contributed by atoms with Crippen molar-refractivity contribution in [1.29, 1.82) is 0 Å². The van der Waals surface area contributed by atoms with Crippen LogP contribution in [-0.4, -0.2) is 31.1 Å². The Morgan fingerprint density at radius 3 is 2.76 bits per heavy atom. The zero-order valence-electron chi connectivity index (χ0n) is 14.2. The molecule has 1 saturated heterocycles. The molecular weight excluding hydrogens is 256 g/mol. The molecule has 2 nitrogen and oxygen atoms in total. The first-order chi connectivity index (χ1) is 10.1. The first-order valence-electron chi connectivity index (χ1n) is 8.62. The third-order valence-corrected chi connectivity index (χ3v) is 4.88. The van der Waals surface area contributed by atoms with Crippen molar-refractivity contribution in [3.8, 4) is 0 Å². The predicted octanol–water partition coefficient (Wildman–Crippen LogP) is 4.01. The van der Waals surface area contributed by atoms with Crippen LogP contribution in [0.1, 0.15) is 50.8 Å². The summed E-state index contributed by atoms with van der Waals surface area (Å²) < 4.78 is 0. The summed E-state index contributed by atoms with van der Waals surface area (Å²) in [5.41, 5.74) is 2.80. The number of likely N-dealkylation sites (tertiary alicyclic amines) is 1. The van der Waals surface area contributed by atoms with Crippen molar-refractivity contribution in [3.05, 3.63) is 35.4 Å². The molecule has 118 valence electrons. The van der Waals surface area contributed by atoms with Gasteiger partial charge in [-0.3, -0.25) is 0 Å². The normalized spacial score (nSPS) is 21.1. The highest BCUT2D eigenvalue weighted by Gasteiger charge is 2.25. The number of rotatable bonds is 7. The Labute approximate surface area is 130 Å². The van der Waals surface area contributed by atoms with Gasteiger partial charge in [-0.1, -0.05) is 50.6 Å². The van der Waals surface area contributed by atoms with E-state index in [9.17, 15) is 0 Å². The van der Waals surface area contributed by atoms with E-state index in [1.807, 2.05) is 0 Å². The second kappa shape index (κ2) is 7.95. The molecule has 1 aliphatic heterocycles. The molecular formula is C19H32N2. The van der Waals surface area contributed by atoms with Gasteiger partial charge in [-0.25, -0.2) is 0 Å². The predicted molar refractivity (Wildman–Crippen MR) is 91.6 cm³/mol. The van der Waals surface area contributed by atoms with E-state index in [1.165, 1.54) is 43.6 Å². The van der Waals surface area contributed by atoms with Crippen LogP contribution in [0, 0.1) is 18.8 Å². The second-order valence-corrected chi connectivity index (χ2v) is 6.91. The van der Waals surface area contributed by atoms with Crippen molar-refractivity contribution in [2.45, 2.75) is 46.6 Å². The summed E-state index contributed by atoms with van der Waals surface area (Å²) in [6.45, 7) is 13.9. The Hall–Kier alpha value is -0.860. The molecule has 0 saturated carbocycles. The van der Waals surface area contributed by atoms with Crippen molar-refractivity contribution < 1.29 is 0 Å². The highest BCUT2D eigenvalue weighted by molar-refractivity contribution is 5.25. The van der Waals surface area contributed by atoms with Crippen LogP contribution in [0.3, 0.4) is 0 Å². The lowest BCUT2D eigenvalue weighted by atomic mass is 9.95. The minimum atomic E-state index is 0.494. The van der Waals surface area contributed by atoms with Crippen LogP contribution in [0.5, 0.6) is 0 Å². The number of benzene rings is 1. The molecule has 0 aliphatic carbocycles. The standard InChI is InChI=1S/C19H32N2/c1-5-20-19(17-8-6-7-16(4)13-17)10-12-21-11-9-18(14-21)15(2)3/h6-8,13,15,18-20H,5,9-12,14H2,1-4H3. The quantitative estimate of drug-likeness (QED) is 0.815. The first kappa shape index (κ1) is 16.5. The minimum absolute atomic E-state index is 0.494. The highest BCUT2D eigenvalue weighted by atomic mass is 15.1. The summed E-state index contributed by atoms with van der Waals surface area (Å²) in [7, 11) is 0. The van der Waals surface area contributed by atoms with Crippen molar-refractivity contribution in [3.63, 3.8) is 0 Å². The third-order valence-electron chi connectivity index (χ3n) is 4.88. The molecule has 0 amide bonds. The summed E-state index contributed by atoms with van der Waals surface area (Å²) in [5.74, 6) is 1.73. The van der Waals surface area contributed by atoms with Gasteiger partial charge in [0.05, 0.1) is 0 Å². The smallest absolute Gasteiger partial charge is 0.0332 e. The van der Waals surface area contributed by atoms with Gasteiger partial charge < -0.3 is 10.2 Å². The molecule has 1 aromatic carbocycles. The summed E-state index contributed by atoms with van der Waals surface area (Å²) >= 11 is 0. The molecule has 21 heavy (non-hydrogen) atoms. The van der Waals surface area contributed by atoms with E-state index in [2.05, 4.69) is 62.2 Å². The van der Waals surface area contributed by atoms with E-state index in [4.69, 9.17) is 0 Å². The van der Waals surface area contributed by atoms with E-state index in [1.54, 1.807) is 0 Å². The fourth-order valence-electron chi connectivity index (χ4n) is 3.44. The zero-order chi connectivity index (χ0) is 15.2. The molecule has 1 heterocycles. The second-order valence-electron chi connectivity index (χ2n) is 6.91. The van der Waals surface area contributed by atoms with E-state index in [-0.39, 0.29) is 0 Å². The fourth-order valence-corrected chi connectivity index (χ4v) is 3.44. The van der Waals surface area contributed by atoms with Gasteiger partial charge in [0, 0.05) is 12.6 Å². The van der Waals surface area contributed by atoms with Gasteiger partial charge in [-0.15, -0.1) is 0 Å². The topological polar surface area (TPSA) is 15.3 Å². The molecule has 0 spiro atoms. The number of hydrogen-bond donors (Lipinski definition) is 1. The van der Waals surface area contributed by atoms with Gasteiger partial charge in [0.1, 0.15) is 0 Å². The van der Waals surface area contributed by atoms with Crippen LogP contribution in [0.2, 0.25) is 0 Å². The van der Waals surface area contributed by atoms with E-state index in [0.29, 0.717) is 6.04 Å². The van der Waals surface area contributed by atoms with Crippen LogP contribution in [0.4, 0.5) is 0 Å². The monoisotopic (exact) mass is 288 g/mol. The van der Waals surface area contributed by atoms with E-state index in [0.717, 1.165) is 18.4 Å². The Morgan fingerprint density at radius 1 is 1.33 bits per heavy atom. The van der Waals surface area contributed by atoms with Crippen LogP contribution >= 0.6 is 0 Å². The lowest BCUT2D eigenvalue weighted by molar-refractivity contribution is 0.285. The first-order valence-corrected chi connectivity index (χ1v) is 8.62. The molecule has 2 rings (SSSR count). The molecule has 1 aliphatic rings. The zero-order valence-corrected chi connectivity index (χ0v) is 14.2. The van der Waals surface area contributed by atoms with Gasteiger partial charge in [0.15, 0.2) is 0 Å². The van der Waals surface area contributed by atoms with E-state index >= 15 is 0 Å². The summed E-state index contributed by atoms with van der Waals surface area (Å²) in [6.07, 6.45) is 2.59. The van der Waals surface area contributed by atoms with Crippen LogP contribution < -0.4 is 5.32 Å². The van der Waals surface area contributed by atoms with Crippen molar-refractivity contribution in [2.75, 3.05) is 26.2 Å². The highest BCUT2D eigenvalue weighted by Crippen LogP contribution is 2.25. The lowest BCUT2D eigenvalue weighted by Gasteiger charge is -2.23. The Morgan fingerprint density at radius 2 is 2.14 bits per heavy atom. The average Bonchev–Trinajstić information content (AvgIpc) is 2.92. The maximum Gasteiger partial charge on any atom is 0.0332 e. The van der Waals surface area contributed by atoms with Gasteiger partial charge in [0.2, 0.25) is 0 Å². The third kappa shape index (κ3) is 4.82. The largest absolute Gasteiger partial charge is 0.310 e. The van der Waals surface area contributed by atoms with Gasteiger partial charge in [0.25, 0.3) is 0 Å².